The van der Waals surface area contributed by atoms with Crippen molar-refractivity contribution in [2.24, 2.45) is 7.05 Å². The van der Waals surface area contributed by atoms with Crippen LogP contribution in [0.4, 0.5) is 5.82 Å². The smallest absolute Gasteiger partial charge is 0.121 e. The molecule has 2 heterocycles. The van der Waals surface area contributed by atoms with Gasteiger partial charge in [0.25, 0.3) is 0 Å². The van der Waals surface area contributed by atoms with Crippen LogP contribution < -0.4 is 5.73 Å². The number of rotatable bonds is 2. The topological polar surface area (TPSA) is 61.7 Å². The van der Waals surface area contributed by atoms with Gasteiger partial charge in [-0.3, -0.25) is 4.68 Å². The van der Waals surface area contributed by atoms with E-state index in [9.17, 15) is 0 Å². The van der Waals surface area contributed by atoms with E-state index >= 15 is 0 Å². The highest BCUT2D eigenvalue weighted by molar-refractivity contribution is 5.63. The first-order chi connectivity index (χ1) is 8.74. The molecule has 0 atom stereocenters. The highest BCUT2D eigenvalue weighted by atomic mass is 15.3. The van der Waals surface area contributed by atoms with Crippen LogP contribution >= 0.6 is 0 Å². The van der Waals surface area contributed by atoms with E-state index in [2.05, 4.69) is 10.2 Å². The van der Waals surface area contributed by atoms with Gasteiger partial charge in [-0.25, -0.2) is 4.68 Å². The van der Waals surface area contributed by atoms with Gasteiger partial charge in [0, 0.05) is 31.1 Å². The SMILES string of the molecule is Cn1nc(-c2ccc(-n3cccn3)cc2)cc1N. The van der Waals surface area contributed by atoms with E-state index in [0.717, 1.165) is 16.9 Å². The van der Waals surface area contributed by atoms with E-state index in [1.165, 1.54) is 0 Å². The first-order valence-corrected chi connectivity index (χ1v) is 5.64. The second-order valence-electron chi connectivity index (χ2n) is 4.08. The fourth-order valence-electron chi connectivity index (χ4n) is 1.83. The van der Waals surface area contributed by atoms with E-state index in [1.54, 1.807) is 10.9 Å². The number of nitrogen functional groups attached to an aromatic ring is 1. The normalized spacial score (nSPS) is 10.7. The van der Waals surface area contributed by atoms with Gasteiger partial charge in [-0.05, 0) is 18.2 Å². The Labute approximate surface area is 104 Å². The quantitative estimate of drug-likeness (QED) is 0.742. The predicted octanol–water partition coefficient (Wildman–Crippen LogP) is 1.85. The summed E-state index contributed by atoms with van der Waals surface area (Å²) in [4.78, 5) is 0. The van der Waals surface area contributed by atoms with Crippen LogP contribution in [0.3, 0.4) is 0 Å². The molecule has 0 saturated carbocycles. The lowest BCUT2D eigenvalue weighted by Gasteiger charge is -2.02. The van der Waals surface area contributed by atoms with Gasteiger partial charge in [0.1, 0.15) is 5.82 Å². The number of anilines is 1. The summed E-state index contributed by atoms with van der Waals surface area (Å²) in [6, 6.07) is 11.8. The summed E-state index contributed by atoms with van der Waals surface area (Å²) in [6.07, 6.45) is 3.67. The fourth-order valence-corrected chi connectivity index (χ4v) is 1.83. The molecule has 3 rings (SSSR count). The minimum atomic E-state index is 0.654. The van der Waals surface area contributed by atoms with Gasteiger partial charge in [-0.2, -0.15) is 10.2 Å². The molecule has 0 amide bonds. The zero-order valence-corrected chi connectivity index (χ0v) is 9.99. The summed E-state index contributed by atoms with van der Waals surface area (Å²) >= 11 is 0. The predicted molar refractivity (Wildman–Crippen MR) is 70.2 cm³/mol. The highest BCUT2D eigenvalue weighted by Crippen LogP contribution is 2.21. The molecule has 1 aromatic carbocycles. The third kappa shape index (κ3) is 1.75. The van der Waals surface area contributed by atoms with Gasteiger partial charge in [0.05, 0.1) is 11.4 Å². The number of aromatic nitrogens is 4. The van der Waals surface area contributed by atoms with Gasteiger partial charge >= 0.3 is 0 Å². The molecule has 5 nitrogen and oxygen atoms in total. The zero-order chi connectivity index (χ0) is 12.5. The van der Waals surface area contributed by atoms with E-state index in [-0.39, 0.29) is 0 Å². The Hall–Kier alpha value is -2.56. The molecule has 0 aliphatic heterocycles. The molecule has 0 fully saturated rings. The number of hydrogen-bond acceptors (Lipinski definition) is 3. The largest absolute Gasteiger partial charge is 0.384 e. The van der Waals surface area contributed by atoms with E-state index in [4.69, 9.17) is 5.73 Å². The summed E-state index contributed by atoms with van der Waals surface area (Å²) in [6.45, 7) is 0. The summed E-state index contributed by atoms with van der Waals surface area (Å²) in [5.41, 5.74) is 8.71. The fraction of sp³-hybridized carbons (Fsp3) is 0.0769. The molecule has 0 aliphatic carbocycles. The Morgan fingerprint density at radius 2 is 1.94 bits per heavy atom. The molecule has 0 saturated heterocycles. The third-order valence-electron chi connectivity index (χ3n) is 2.85. The molecular formula is C13H13N5. The molecule has 2 aromatic heterocycles. The second-order valence-corrected chi connectivity index (χ2v) is 4.08. The molecule has 0 unspecified atom stereocenters. The van der Waals surface area contributed by atoms with Crippen molar-refractivity contribution in [3.63, 3.8) is 0 Å². The number of nitrogens with two attached hydrogens (primary N) is 1. The maximum absolute atomic E-state index is 5.77. The van der Waals surface area contributed by atoms with Gasteiger partial charge in [0.2, 0.25) is 0 Å². The van der Waals surface area contributed by atoms with Crippen molar-refractivity contribution in [1.29, 1.82) is 0 Å². The van der Waals surface area contributed by atoms with Crippen LogP contribution in [-0.2, 0) is 7.05 Å². The highest BCUT2D eigenvalue weighted by Gasteiger charge is 2.05. The first-order valence-electron chi connectivity index (χ1n) is 5.64. The van der Waals surface area contributed by atoms with Crippen LogP contribution in [-0.4, -0.2) is 19.6 Å². The average Bonchev–Trinajstić information content (AvgIpc) is 3.01. The van der Waals surface area contributed by atoms with Crippen molar-refractivity contribution >= 4 is 5.82 Å². The monoisotopic (exact) mass is 239 g/mol. The van der Waals surface area contributed by atoms with Crippen LogP contribution in [0, 0.1) is 0 Å². The zero-order valence-electron chi connectivity index (χ0n) is 9.99. The maximum Gasteiger partial charge on any atom is 0.121 e. The van der Waals surface area contributed by atoms with Crippen molar-refractivity contribution < 1.29 is 0 Å². The summed E-state index contributed by atoms with van der Waals surface area (Å²) in [7, 11) is 1.83. The molecular weight excluding hydrogens is 226 g/mol. The van der Waals surface area contributed by atoms with Crippen molar-refractivity contribution in [1.82, 2.24) is 19.6 Å². The maximum atomic E-state index is 5.77. The Morgan fingerprint density at radius 3 is 2.50 bits per heavy atom. The number of nitrogens with zero attached hydrogens (tertiary/aromatic N) is 4. The second kappa shape index (κ2) is 4.03. The van der Waals surface area contributed by atoms with Gasteiger partial charge < -0.3 is 5.73 Å². The summed E-state index contributed by atoms with van der Waals surface area (Å²) in [5, 5.41) is 8.53. The first kappa shape index (κ1) is 10.6. The Balaban J connectivity index is 1.96. The standard InChI is InChI=1S/C13H13N5/c1-17-13(14)9-12(16-17)10-3-5-11(6-4-10)18-8-2-7-15-18/h2-9H,14H2,1H3. The third-order valence-corrected chi connectivity index (χ3v) is 2.85. The molecule has 5 heteroatoms. The van der Waals surface area contributed by atoms with E-state index in [0.29, 0.717) is 5.82 Å². The lowest BCUT2D eigenvalue weighted by molar-refractivity contribution is 0.782. The van der Waals surface area contributed by atoms with E-state index < -0.39 is 0 Å². The Morgan fingerprint density at radius 1 is 1.17 bits per heavy atom. The van der Waals surface area contributed by atoms with Gasteiger partial charge in [-0.15, -0.1) is 0 Å². The summed E-state index contributed by atoms with van der Waals surface area (Å²) in [5.74, 6) is 0.654. The molecule has 90 valence electrons. The van der Waals surface area contributed by atoms with Crippen molar-refractivity contribution in [2.45, 2.75) is 0 Å². The Kier molecular flexibility index (Phi) is 2.37. The molecule has 18 heavy (non-hydrogen) atoms. The molecule has 2 N–H and O–H groups in total. The summed E-state index contributed by atoms with van der Waals surface area (Å²) < 4.78 is 3.48. The lowest BCUT2D eigenvalue weighted by Crippen LogP contribution is -1.96. The minimum absolute atomic E-state index is 0.654. The van der Waals surface area contributed by atoms with Crippen LogP contribution in [0.2, 0.25) is 0 Å². The van der Waals surface area contributed by atoms with Gasteiger partial charge in [0.15, 0.2) is 0 Å². The van der Waals surface area contributed by atoms with Crippen molar-refractivity contribution in [3.05, 3.63) is 48.8 Å². The van der Waals surface area contributed by atoms with Crippen LogP contribution in [0.5, 0.6) is 0 Å². The van der Waals surface area contributed by atoms with Gasteiger partial charge in [-0.1, -0.05) is 12.1 Å². The van der Waals surface area contributed by atoms with Crippen LogP contribution in [0.25, 0.3) is 16.9 Å². The number of hydrogen-bond donors (Lipinski definition) is 1. The van der Waals surface area contributed by atoms with Crippen molar-refractivity contribution in [2.75, 3.05) is 5.73 Å². The lowest BCUT2D eigenvalue weighted by atomic mass is 10.1. The molecule has 0 spiro atoms. The number of aryl methyl sites for hydroxylation is 1. The average molecular weight is 239 g/mol. The molecule has 0 aliphatic rings. The van der Waals surface area contributed by atoms with Crippen LogP contribution in [0.15, 0.2) is 48.8 Å². The molecule has 0 radical (unpaired) electrons. The number of benzene rings is 1. The minimum Gasteiger partial charge on any atom is -0.384 e. The van der Waals surface area contributed by atoms with E-state index in [1.807, 2.05) is 54.3 Å². The van der Waals surface area contributed by atoms with Crippen LogP contribution in [0.1, 0.15) is 0 Å². The van der Waals surface area contributed by atoms with Crippen molar-refractivity contribution in [3.8, 4) is 16.9 Å². The Bertz CT molecular complexity index is 630. The molecule has 0 bridgehead atoms. The molecule has 3 aromatic rings.